The van der Waals surface area contributed by atoms with Crippen LogP contribution in [-0.4, -0.2) is 47.0 Å². The average molecular weight is 231 g/mol. The van der Waals surface area contributed by atoms with Crippen molar-refractivity contribution in [1.29, 1.82) is 0 Å². The molecule has 1 rings (SSSR count). The molecule has 1 heterocycles. The Morgan fingerprint density at radius 2 is 2.19 bits per heavy atom. The van der Waals surface area contributed by atoms with E-state index in [1.165, 1.54) is 0 Å². The summed E-state index contributed by atoms with van der Waals surface area (Å²) in [5.74, 6) is -0.288. The van der Waals surface area contributed by atoms with Crippen molar-refractivity contribution in [1.82, 2.24) is 5.06 Å². The molecule has 2 N–H and O–H groups in total. The van der Waals surface area contributed by atoms with Gasteiger partial charge in [-0.15, -0.1) is 5.06 Å². The van der Waals surface area contributed by atoms with E-state index in [1.54, 1.807) is 25.8 Å². The zero-order valence-corrected chi connectivity index (χ0v) is 10.1. The summed E-state index contributed by atoms with van der Waals surface area (Å²) in [7, 11) is 0. The van der Waals surface area contributed by atoms with Crippen LogP contribution in [0.4, 0.5) is 0 Å². The second kappa shape index (κ2) is 5.12. The number of nitrogens with zero attached hydrogens (tertiary/aromatic N) is 1. The Bertz CT molecular complexity index is 249. The van der Waals surface area contributed by atoms with E-state index in [-0.39, 0.29) is 18.5 Å². The lowest BCUT2D eigenvalue weighted by Gasteiger charge is -2.22. The molecule has 1 aliphatic heterocycles. The van der Waals surface area contributed by atoms with E-state index >= 15 is 0 Å². The first-order valence-electron chi connectivity index (χ1n) is 5.61. The van der Waals surface area contributed by atoms with Crippen LogP contribution >= 0.6 is 0 Å². The van der Waals surface area contributed by atoms with Gasteiger partial charge in [0.05, 0.1) is 18.1 Å². The molecule has 5 nitrogen and oxygen atoms in total. The summed E-state index contributed by atoms with van der Waals surface area (Å²) in [6.45, 7) is 6.25. The van der Waals surface area contributed by atoms with Gasteiger partial charge in [0.15, 0.2) is 0 Å². The second-order valence-corrected chi connectivity index (χ2v) is 5.32. The maximum Gasteiger partial charge on any atom is 0.330 e. The number of aliphatic hydroxyl groups is 2. The molecule has 2 unspecified atom stereocenters. The van der Waals surface area contributed by atoms with E-state index in [0.717, 1.165) is 6.42 Å². The predicted octanol–water partition coefficient (Wildman–Crippen LogP) is 0.166. The van der Waals surface area contributed by atoms with Gasteiger partial charge in [-0.1, -0.05) is 0 Å². The fourth-order valence-electron chi connectivity index (χ4n) is 1.55. The molecule has 0 radical (unpaired) electrons. The van der Waals surface area contributed by atoms with Gasteiger partial charge in [-0.3, -0.25) is 0 Å². The lowest BCUT2D eigenvalue weighted by Crippen LogP contribution is -2.33. The molecule has 16 heavy (non-hydrogen) atoms. The maximum atomic E-state index is 11.6. The quantitative estimate of drug-likeness (QED) is 0.724. The SMILES string of the molecule is CC(C)(C)C(=O)ON1CCC(C(O)CO)C1. The molecule has 0 aromatic rings. The van der Waals surface area contributed by atoms with Gasteiger partial charge in [0.2, 0.25) is 0 Å². The van der Waals surface area contributed by atoms with Crippen LogP contribution in [0, 0.1) is 11.3 Å². The fourth-order valence-corrected chi connectivity index (χ4v) is 1.55. The van der Waals surface area contributed by atoms with Crippen LogP contribution < -0.4 is 0 Å². The molecular formula is C11H21NO4. The van der Waals surface area contributed by atoms with Crippen molar-refractivity contribution in [3.8, 4) is 0 Å². The Morgan fingerprint density at radius 3 is 2.69 bits per heavy atom. The second-order valence-electron chi connectivity index (χ2n) is 5.32. The van der Waals surface area contributed by atoms with Crippen LogP contribution in [0.3, 0.4) is 0 Å². The smallest absolute Gasteiger partial charge is 0.330 e. The number of hydrogen-bond acceptors (Lipinski definition) is 5. The summed E-state index contributed by atoms with van der Waals surface area (Å²) in [4.78, 5) is 16.8. The highest BCUT2D eigenvalue weighted by Gasteiger charge is 2.32. The highest BCUT2D eigenvalue weighted by Crippen LogP contribution is 2.23. The number of carbonyl (C=O) groups is 1. The van der Waals surface area contributed by atoms with Crippen molar-refractivity contribution in [2.45, 2.75) is 33.3 Å². The zero-order chi connectivity index (χ0) is 12.3. The minimum atomic E-state index is -0.724. The van der Waals surface area contributed by atoms with Crippen LogP contribution in [0.1, 0.15) is 27.2 Å². The summed E-state index contributed by atoms with van der Waals surface area (Å²) >= 11 is 0. The number of hydrogen-bond donors (Lipinski definition) is 2. The van der Waals surface area contributed by atoms with Crippen molar-refractivity contribution >= 4 is 5.97 Å². The van der Waals surface area contributed by atoms with Crippen molar-refractivity contribution in [2.24, 2.45) is 11.3 Å². The van der Waals surface area contributed by atoms with Crippen molar-refractivity contribution in [2.75, 3.05) is 19.7 Å². The van der Waals surface area contributed by atoms with E-state index in [9.17, 15) is 9.90 Å². The molecule has 1 fully saturated rings. The molecule has 0 amide bonds. The van der Waals surface area contributed by atoms with Crippen molar-refractivity contribution in [3.05, 3.63) is 0 Å². The van der Waals surface area contributed by atoms with E-state index in [2.05, 4.69) is 0 Å². The first kappa shape index (κ1) is 13.4. The van der Waals surface area contributed by atoms with Crippen molar-refractivity contribution in [3.63, 3.8) is 0 Å². The van der Waals surface area contributed by atoms with Gasteiger partial charge in [-0.25, -0.2) is 4.79 Å². The molecule has 5 heteroatoms. The van der Waals surface area contributed by atoms with Crippen LogP contribution in [0.25, 0.3) is 0 Å². The molecule has 0 aliphatic carbocycles. The van der Waals surface area contributed by atoms with Gasteiger partial charge in [-0.05, 0) is 27.2 Å². The van der Waals surface area contributed by atoms with Gasteiger partial charge < -0.3 is 15.1 Å². The first-order chi connectivity index (χ1) is 7.34. The van der Waals surface area contributed by atoms with E-state index in [4.69, 9.17) is 9.94 Å². The highest BCUT2D eigenvalue weighted by atomic mass is 16.7. The minimum absolute atomic E-state index is 0.0160. The number of hydroxylamine groups is 2. The summed E-state index contributed by atoms with van der Waals surface area (Å²) in [6.07, 6.45) is 0.0115. The van der Waals surface area contributed by atoms with E-state index in [0.29, 0.717) is 13.1 Å². The molecule has 2 atom stereocenters. The predicted molar refractivity (Wildman–Crippen MR) is 58.3 cm³/mol. The summed E-state index contributed by atoms with van der Waals surface area (Å²) in [5.41, 5.74) is -0.520. The van der Waals surface area contributed by atoms with Crippen molar-refractivity contribution < 1.29 is 19.8 Å². The molecule has 94 valence electrons. The van der Waals surface area contributed by atoms with E-state index in [1.807, 2.05) is 0 Å². The molecule has 0 spiro atoms. The highest BCUT2D eigenvalue weighted by molar-refractivity contribution is 5.75. The maximum absolute atomic E-state index is 11.6. The number of rotatable bonds is 3. The lowest BCUT2D eigenvalue weighted by molar-refractivity contribution is -0.196. The Morgan fingerprint density at radius 1 is 1.56 bits per heavy atom. The monoisotopic (exact) mass is 231 g/mol. The van der Waals surface area contributed by atoms with Gasteiger partial charge in [-0.2, -0.15) is 0 Å². The minimum Gasteiger partial charge on any atom is -0.394 e. The third kappa shape index (κ3) is 3.43. The number of aliphatic hydroxyl groups excluding tert-OH is 2. The molecular weight excluding hydrogens is 210 g/mol. The number of carbonyl (C=O) groups excluding carboxylic acids is 1. The Labute approximate surface area is 96.0 Å². The molecule has 1 saturated heterocycles. The van der Waals surface area contributed by atoms with Gasteiger partial charge in [0, 0.05) is 19.0 Å². The van der Waals surface area contributed by atoms with Gasteiger partial charge >= 0.3 is 5.97 Å². The first-order valence-corrected chi connectivity index (χ1v) is 5.61. The summed E-state index contributed by atoms with van der Waals surface area (Å²) in [6, 6.07) is 0. The van der Waals surface area contributed by atoms with Crippen LogP contribution in [-0.2, 0) is 9.63 Å². The van der Waals surface area contributed by atoms with E-state index < -0.39 is 11.5 Å². The average Bonchev–Trinajstić information content (AvgIpc) is 2.63. The normalized spacial score (nSPS) is 24.4. The molecule has 1 aliphatic rings. The third-order valence-electron chi connectivity index (χ3n) is 2.74. The molecule has 0 aromatic carbocycles. The topological polar surface area (TPSA) is 70.0 Å². The Kier molecular flexibility index (Phi) is 4.29. The molecule has 0 saturated carbocycles. The fraction of sp³-hybridized carbons (Fsp3) is 0.909. The zero-order valence-electron chi connectivity index (χ0n) is 10.1. The lowest BCUT2D eigenvalue weighted by atomic mass is 9.98. The van der Waals surface area contributed by atoms with Crippen LogP contribution in [0.5, 0.6) is 0 Å². The van der Waals surface area contributed by atoms with Gasteiger partial charge in [0.1, 0.15) is 0 Å². The standard InChI is InChI=1S/C11H21NO4/c1-11(2,3)10(15)16-12-5-4-8(6-12)9(14)7-13/h8-9,13-14H,4-7H2,1-3H3. The van der Waals surface area contributed by atoms with Gasteiger partial charge in [0.25, 0.3) is 0 Å². The Balaban J connectivity index is 2.40. The largest absolute Gasteiger partial charge is 0.394 e. The van der Waals surface area contributed by atoms with Crippen LogP contribution in [0.2, 0.25) is 0 Å². The molecule has 0 bridgehead atoms. The Hall–Kier alpha value is -0.650. The molecule has 0 aromatic heterocycles. The van der Waals surface area contributed by atoms with Crippen LogP contribution in [0.15, 0.2) is 0 Å². The summed E-state index contributed by atoms with van der Waals surface area (Å²) in [5, 5.41) is 19.8. The third-order valence-corrected chi connectivity index (χ3v) is 2.74. The summed E-state index contributed by atoms with van der Waals surface area (Å²) < 4.78 is 0.